The Balaban J connectivity index is 2.90. The summed E-state index contributed by atoms with van der Waals surface area (Å²) in [7, 11) is 3.17. The highest BCUT2D eigenvalue weighted by atomic mass is 16.5. The molecule has 0 spiro atoms. The Bertz CT molecular complexity index is 449. The minimum absolute atomic E-state index is 0.288. The number of pyridine rings is 1. The number of amides is 1. The fourth-order valence-corrected chi connectivity index (χ4v) is 1.92. The van der Waals surface area contributed by atoms with Crippen molar-refractivity contribution in [1.82, 2.24) is 10.3 Å². The van der Waals surface area contributed by atoms with Crippen LogP contribution >= 0.6 is 0 Å². The predicted molar refractivity (Wildman–Crippen MR) is 75.7 cm³/mol. The maximum atomic E-state index is 10.5. The fourth-order valence-electron chi connectivity index (χ4n) is 1.92. The van der Waals surface area contributed by atoms with Crippen LogP contribution in [0.3, 0.4) is 0 Å². The Morgan fingerprint density at radius 3 is 2.65 bits per heavy atom. The van der Waals surface area contributed by atoms with E-state index in [2.05, 4.69) is 17.2 Å². The van der Waals surface area contributed by atoms with E-state index in [1.807, 2.05) is 6.07 Å². The molecule has 0 radical (unpaired) electrons. The molecule has 0 saturated carbocycles. The number of hydrogen-bond donors (Lipinski definition) is 2. The number of unbranched alkanes of at least 4 members (excludes halogenated alkanes) is 1. The first-order chi connectivity index (χ1) is 9.62. The molecule has 1 heterocycles. The molecule has 1 rings (SSSR count). The number of aromatic nitrogens is 1. The minimum Gasteiger partial charge on any atom is -0.495 e. The first-order valence-electron chi connectivity index (χ1n) is 6.69. The van der Waals surface area contributed by atoms with E-state index >= 15 is 0 Å². The second kappa shape index (κ2) is 8.24. The van der Waals surface area contributed by atoms with Crippen molar-refractivity contribution in [1.29, 1.82) is 0 Å². The molecule has 0 aliphatic rings. The number of methoxy groups -OCH3 is 2. The molecule has 1 aromatic heterocycles. The topological polar surface area (TPSA) is 80.7 Å². The molecule has 1 aromatic rings. The number of nitrogens with one attached hydrogen (secondary N) is 1. The summed E-state index contributed by atoms with van der Waals surface area (Å²) in [6.07, 6.45) is 2.45. The highest BCUT2D eigenvalue weighted by molar-refractivity contribution is 5.64. The predicted octanol–water partition coefficient (Wildman–Crippen LogP) is 2.25. The van der Waals surface area contributed by atoms with Gasteiger partial charge in [0.15, 0.2) is 0 Å². The van der Waals surface area contributed by atoms with Gasteiger partial charge in [0.25, 0.3) is 0 Å². The van der Waals surface area contributed by atoms with Gasteiger partial charge in [0.2, 0.25) is 5.88 Å². The van der Waals surface area contributed by atoms with Gasteiger partial charge in [-0.05, 0) is 18.9 Å². The van der Waals surface area contributed by atoms with Crippen LogP contribution in [0, 0.1) is 0 Å². The SMILES string of the molecule is CCCCc1cc(OC)c(CCNC(=O)O)nc1OC. The molecule has 0 saturated heterocycles. The molecule has 0 aromatic carbocycles. The standard InChI is InChI=1S/C14H22N2O4/c1-4-5-6-10-9-12(19-2)11(16-13(10)20-3)7-8-15-14(17)18/h9,15H,4-8H2,1-3H3,(H,17,18). The molecule has 0 bridgehead atoms. The Morgan fingerprint density at radius 2 is 2.10 bits per heavy atom. The van der Waals surface area contributed by atoms with Crippen molar-refractivity contribution in [2.75, 3.05) is 20.8 Å². The van der Waals surface area contributed by atoms with Crippen LogP contribution in [0.1, 0.15) is 31.0 Å². The highest BCUT2D eigenvalue weighted by Gasteiger charge is 2.13. The lowest BCUT2D eigenvalue weighted by atomic mass is 10.1. The van der Waals surface area contributed by atoms with E-state index < -0.39 is 6.09 Å². The Hall–Kier alpha value is -1.98. The van der Waals surface area contributed by atoms with Crippen LogP contribution in [0.5, 0.6) is 11.6 Å². The zero-order valence-electron chi connectivity index (χ0n) is 12.2. The van der Waals surface area contributed by atoms with Crippen LogP contribution < -0.4 is 14.8 Å². The van der Waals surface area contributed by atoms with Crippen molar-refractivity contribution >= 4 is 6.09 Å². The zero-order chi connectivity index (χ0) is 15.0. The number of rotatable bonds is 8. The summed E-state index contributed by atoms with van der Waals surface area (Å²) < 4.78 is 10.6. The number of hydrogen-bond acceptors (Lipinski definition) is 4. The average Bonchev–Trinajstić information content (AvgIpc) is 2.44. The van der Waals surface area contributed by atoms with Crippen LogP contribution in [-0.4, -0.2) is 36.9 Å². The van der Waals surface area contributed by atoms with Gasteiger partial charge in [0.05, 0.1) is 19.9 Å². The van der Waals surface area contributed by atoms with Gasteiger partial charge >= 0.3 is 6.09 Å². The summed E-state index contributed by atoms with van der Waals surface area (Å²) in [5, 5.41) is 10.9. The molecule has 0 atom stereocenters. The molecule has 0 aliphatic carbocycles. The fraction of sp³-hybridized carbons (Fsp3) is 0.571. The first-order valence-corrected chi connectivity index (χ1v) is 6.69. The first kappa shape index (κ1) is 16.1. The van der Waals surface area contributed by atoms with Crippen molar-refractivity contribution in [2.24, 2.45) is 0 Å². The maximum Gasteiger partial charge on any atom is 0.404 e. The monoisotopic (exact) mass is 282 g/mol. The number of ether oxygens (including phenoxy) is 2. The molecular weight excluding hydrogens is 260 g/mol. The Morgan fingerprint density at radius 1 is 1.35 bits per heavy atom. The second-order valence-electron chi connectivity index (χ2n) is 4.39. The Kier molecular flexibility index (Phi) is 6.63. The number of carboxylic acid groups (broad SMARTS) is 1. The summed E-state index contributed by atoms with van der Waals surface area (Å²) >= 11 is 0. The van der Waals surface area contributed by atoms with E-state index in [0.717, 1.165) is 24.8 Å². The number of aryl methyl sites for hydroxylation is 1. The lowest BCUT2D eigenvalue weighted by Gasteiger charge is -2.13. The van der Waals surface area contributed by atoms with Crippen molar-refractivity contribution < 1.29 is 19.4 Å². The highest BCUT2D eigenvalue weighted by Crippen LogP contribution is 2.26. The van der Waals surface area contributed by atoms with Crippen LogP contribution in [0.4, 0.5) is 4.79 Å². The largest absolute Gasteiger partial charge is 0.495 e. The zero-order valence-corrected chi connectivity index (χ0v) is 12.2. The minimum atomic E-state index is -1.05. The molecule has 112 valence electrons. The van der Waals surface area contributed by atoms with E-state index in [9.17, 15) is 4.79 Å². The van der Waals surface area contributed by atoms with Crippen LogP contribution in [0.2, 0.25) is 0 Å². The molecule has 6 heteroatoms. The molecule has 0 unspecified atom stereocenters. The lowest BCUT2D eigenvalue weighted by Crippen LogP contribution is -2.23. The van der Waals surface area contributed by atoms with Crippen molar-refractivity contribution in [3.63, 3.8) is 0 Å². The quantitative estimate of drug-likeness (QED) is 0.764. The smallest absolute Gasteiger partial charge is 0.404 e. The van der Waals surface area contributed by atoms with E-state index in [-0.39, 0.29) is 6.54 Å². The summed E-state index contributed by atoms with van der Waals surface area (Å²) in [4.78, 5) is 14.9. The van der Waals surface area contributed by atoms with Crippen LogP contribution in [0.15, 0.2) is 6.07 Å². The number of carbonyl (C=O) groups is 1. The third-order valence-corrected chi connectivity index (χ3v) is 2.95. The van der Waals surface area contributed by atoms with Crippen molar-refractivity contribution in [3.8, 4) is 11.6 Å². The summed E-state index contributed by atoms with van der Waals surface area (Å²) in [5.74, 6) is 1.26. The van der Waals surface area contributed by atoms with Gasteiger partial charge < -0.3 is 19.9 Å². The van der Waals surface area contributed by atoms with E-state index in [4.69, 9.17) is 14.6 Å². The van der Waals surface area contributed by atoms with Gasteiger partial charge in [-0.2, -0.15) is 0 Å². The van der Waals surface area contributed by atoms with E-state index in [1.165, 1.54) is 0 Å². The average molecular weight is 282 g/mol. The van der Waals surface area contributed by atoms with Crippen molar-refractivity contribution in [3.05, 3.63) is 17.3 Å². The molecule has 2 N–H and O–H groups in total. The summed E-state index contributed by atoms with van der Waals surface area (Å²) in [6, 6.07) is 1.93. The van der Waals surface area contributed by atoms with Gasteiger partial charge in [-0.1, -0.05) is 13.3 Å². The second-order valence-corrected chi connectivity index (χ2v) is 4.39. The lowest BCUT2D eigenvalue weighted by molar-refractivity contribution is 0.194. The molecule has 20 heavy (non-hydrogen) atoms. The van der Waals surface area contributed by atoms with Gasteiger partial charge in [-0.25, -0.2) is 9.78 Å². The van der Waals surface area contributed by atoms with Crippen LogP contribution in [0.25, 0.3) is 0 Å². The van der Waals surface area contributed by atoms with E-state index in [1.54, 1.807) is 14.2 Å². The Labute approximate surface area is 119 Å². The summed E-state index contributed by atoms with van der Waals surface area (Å²) in [6.45, 7) is 2.42. The molecular formula is C14H22N2O4. The van der Waals surface area contributed by atoms with E-state index in [0.29, 0.717) is 23.7 Å². The number of nitrogens with zero attached hydrogens (tertiary/aromatic N) is 1. The summed E-state index contributed by atoms with van der Waals surface area (Å²) in [5.41, 5.74) is 1.71. The third-order valence-electron chi connectivity index (χ3n) is 2.95. The van der Waals surface area contributed by atoms with Crippen molar-refractivity contribution in [2.45, 2.75) is 32.6 Å². The third kappa shape index (κ3) is 4.60. The van der Waals surface area contributed by atoms with Gasteiger partial charge in [-0.3, -0.25) is 0 Å². The van der Waals surface area contributed by atoms with Gasteiger partial charge in [0, 0.05) is 18.5 Å². The molecule has 1 amide bonds. The molecule has 0 aliphatic heterocycles. The molecule has 0 fully saturated rings. The maximum absolute atomic E-state index is 10.5. The molecule has 6 nitrogen and oxygen atoms in total. The normalized spacial score (nSPS) is 10.2. The van der Waals surface area contributed by atoms with Crippen LogP contribution in [-0.2, 0) is 12.8 Å². The van der Waals surface area contributed by atoms with Gasteiger partial charge in [-0.15, -0.1) is 0 Å². The van der Waals surface area contributed by atoms with Gasteiger partial charge in [0.1, 0.15) is 5.75 Å².